The van der Waals surface area contributed by atoms with Crippen molar-refractivity contribution in [2.24, 2.45) is 0 Å². The van der Waals surface area contributed by atoms with Gasteiger partial charge in [-0.1, -0.05) is 142 Å². The van der Waals surface area contributed by atoms with E-state index < -0.39 is 32.5 Å². The minimum absolute atomic E-state index is 0.205. The largest absolute Gasteiger partial charge is 0.469 e. The Kier molecular flexibility index (Phi) is 29.9. The summed E-state index contributed by atoms with van der Waals surface area (Å²) < 4.78 is 26.2. The van der Waals surface area contributed by atoms with E-state index in [1.165, 1.54) is 83.5 Å². The van der Waals surface area contributed by atoms with Gasteiger partial charge in [-0.05, 0) is 32.1 Å². The number of phosphoric acid groups is 1. The molecule has 0 spiro atoms. The molecule has 0 unspecified atom stereocenters. The fraction of sp³-hybridized carbons (Fsp3) is 0.882. The minimum Gasteiger partial charge on any atom is -0.462 e. The predicted octanol–water partition coefficient (Wildman–Crippen LogP) is 9.90. The molecule has 0 aliphatic rings. The molecule has 0 saturated carbocycles. The standard InChI is InChI=1S/C34H65O8P/c1-3-5-7-9-11-13-15-16-17-19-20-22-24-26-28-33(35)40-30-32(31-41-43(37,38)39)42-34(36)29-27-25-23-21-18-14-12-10-8-6-4-2/h10,12,32H,3-9,11,13-31H2,1-2H3,(H2,37,38,39)/b12-10-/t32-/m1/s1. The Labute approximate surface area is 263 Å². The second-order valence-corrected chi connectivity index (χ2v) is 13.1. The molecule has 0 saturated heterocycles. The van der Waals surface area contributed by atoms with Crippen LogP contribution >= 0.6 is 7.82 Å². The summed E-state index contributed by atoms with van der Waals surface area (Å²) in [5.74, 6) is -0.891. The molecule has 0 radical (unpaired) electrons. The third kappa shape index (κ3) is 33.5. The molecule has 0 aliphatic carbocycles. The summed E-state index contributed by atoms with van der Waals surface area (Å²) in [6, 6.07) is 0. The predicted molar refractivity (Wildman–Crippen MR) is 175 cm³/mol. The van der Waals surface area contributed by atoms with Gasteiger partial charge in [-0.25, -0.2) is 4.57 Å². The Bertz CT molecular complexity index is 721. The van der Waals surface area contributed by atoms with Crippen LogP contribution < -0.4 is 0 Å². The molecule has 8 nitrogen and oxygen atoms in total. The maximum absolute atomic E-state index is 12.3. The summed E-state index contributed by atoms with van der Waals surface area (Å²) in [6.45, 7) is 3.62. The highest BCUT2D eigenvalue weighted by molar-refractivity contribution is 7.46. The Hall–Kier alpha value is -1.21. The first kappa shape index (κ1) is 41.8. The zero-order valence-corrected chi connectivity index (χ0v) is 28.5. The topological polar surface area (TPSA) is 119 Å². The molecule has 0 fully saturated rings. The number of unbranched alkanes of at least 4 members (excludes halogenated alkanes) is 20. The van der Waals surface area contributed by atoms with Crippen molar-refractivity contribution in [3.63, 3.8) is 0 Å². The second-order valence-electron chi connectivity index (χ2n) is 11.8. The fourth-order valence-corrected chi connectivity index (χ4v) is 5.24. The highest BCUT2D eigenvalue weighted by Gasteiger charge is 2.22. The third-order valence-corrected chi connectivity index (χ3v) is 8.02. The molecule has 0 aromatic rings. The van der Waals surface area contributed by atoms with E-state index in [-0.39, 0.29) is 19.4 Å². The van der Waals surface area contributed by atoms with Crippen LogP contribution in [0.4, 0.5) is 0 Å². The van der Waals surface area contributed by atoms with Crippen LogP contribution in [0, 0.1) is 0 Å². The summed E-state index contributed by atoms with van der Waals surface area (Å²) in [6.07, 6.45) is 30.8. The van der Waals surface area contributed by atoms with E-state index in [0.717, 1.165) is 57.8 Å². The summed E-state index contributed by atoms with van der Waals surface area (Å²) in [5.41, 5.74) is 0. The van der Waals surface area contributed by atoms with Crippen LogP contribution in [0.1, 0.15) is 174 Å². The van der Waals surface area contributed by atoms with E-state index in [1.807, 2.05) is 0 Å². The van der Waals surface area contributed by atoms with Crippen molar-refractivity contribution in [3.05, 3.63) is 12.2 Å². The van der Waals surface area contributed by atoms with Gasteiger partial charge in [0.05, 0.1) is 6.61 Å². The van der Waals surface area contributed by atoms with Crippen LogP contribution in [0.3, 0.4) is 0 Å². The number of hydrogen-bond acceptors (Lipinski definition) is 6. The van der Waals surface area contributed by atoms with Gasteiger partial charge in [-0.3, -0.25) is 14.1 Å². The highest BCUT2D eigenvalue weighted by atomic mass is 31.2. The van der Waals surface area contributed by atoms with Crippen molar-refractivity contribution in [1.82, 2.24) is 0 Å². The zero-order chi connectivity index (χ0) is 31.9. The van der Waals surface area contributed by atoms with E-state index in [2.05, 4.69) is 30.5 Å². The lowest BCUT2D eigenvalue weighted by atomic mass is 10.0. The Morgan fingerprint density at radius 3 is 1.49 bits per heavy atom. The molecular formula is C34H65O8P. The highest BCUT2D eigenvalue weighted by Crippen LogP contribution is 2.36. The van der Waals surface area contributed by atoms with Crippen molar-refractivity contribution in [1.29, 1.82) is 0 Å². The number of carbonyl (C=O) groups excluding carboxylic acids is 2. The van der Waals surface area contributed by atoms with Crippen molar-refractivity contribution < 1.29 is 37.9 Å². The summed E-state index contributed by atoms with van der Waals surface area (Å²) in [4.78, 5) is 42.5. The molecule has 0 aromatic heterocycles. The number of carbonyl (C=O) groups is 2. The molecule has 0 rings (SSSR count). The van der Waals surface area contributed by atoms with Gasteiger partial charge >= 0.3 is 19.8 Å². The average Bonchev–Trinajstić information content (AvgIpc) is 2.97. The molecule has 9 heteroatoms. The third-order valence-electron chi connectivity index (χ3n) is 7.53. The average molecular weight is 633 g/mol. The van der Waals surface area contributed by atoms with E-state index in [4.69, 9.17) is 19.3 Å². The van der Waals surface area contributed by atoms with Crippen LogP contribution in [-0.2, 0) is 28.2 Å². The molecule has 1 atom stereocenters. The van der Waals surface area contributed by atoms with Gasteiger partial charge < -0.3 is 19.3 Å². The first-order valence-corrected chi connectivity index (χ1v) is 19.0. The molecule has 0 aliphatic heterocycles. The number of rotatable bonds is 32. The summed E-state index contributed by atoms with van der Waals surface area (Å²) in [7, 11) is -4.74. The minimum atomic E-state index is -4.74. The van der Waals surface area contributed by atoms with Crippen molar-refractivity contribution in [2.75, 3.05) is 13.2 Å². The van der Waals surface area contributed by atoms with Crippen molar-refractivity contribution >= 4 is 19.8 Å². The van der Waals surface area contributed by atoms with Gasteiger partial charge in [-0.2, -0.15) is 0 Å². The second kappa shape index (κ2) is 30.8. The summed E-state index contributed by atoms with van der Waals surface area (Å²) in [5, 5.41) is 0. The molecule has 0 heterocycles. The number of esters is 2. The van der Waals surface area contributed by atoms with Gasteiger partial charge in [0.1, 0.15) is 6.61 Å². The first-order chi connectivity index (χ1) is 20.8. The number of hydrogen-bond donors (Lipinski definition) is 2. The monoisotopic (exact) mass is 632 g/mol. The lowest BCUT2D eigenvalue weighted by Gasteiger charge is -2.18. The van der Waals surface area contributed by atoms with Gasteiger partial charge in [0.2, 0.25) is 0 Å². The lowest BCUT2D eigenvalue weighted by molar-refractivity contribution is -0.161. The van der Waals surface area contributed by atoms with E-state index in [0.29, 0.717) is 6.42 Å². The van der Waals surface area contributed by atoms with E-state index in [9.17, 15) is 14.2 Å². The van der Waals surface area contributed by atoms with Crippen molar-refractivity contribution in [3.8, 4) is 0 Å². The smallest absolute Gasteiger partial charge is 0.462 e. The van der Waals surface area contributed by atoms with Crippen LogP contribution in [0.25, 0.3) is 0 Å². The Morgan fingerprint density at radius 1 is 0.581 bits per heavy atom. The van der Waals surface area contributed by atoms with E-state index >= 15 is 0 Å². The maximum atomic E-state index is 12.3. The normalized spacial score (nSPS) is 12.6. The zero-order valence-electron chi connectivity index (χ0n) is 27.6. The molecule has 0 amide bonds. The number of allylic oxidation sites excluding steroid dienone is 2. The molecule has 0 bridgehead atoms. The van der Waals surface area contributed by atoms with Gasteiger partial charge in [0, 0.05) is 12.8 Å². The Balaban J connectivity index is 3.97. The van der Waals surface area contributed by atoms with Crippen molar-refractivity contribution in [2.45, 2.75) is 180 Å². The molecule has 0 aromatic carbocycles. The molecule has 43 heavy (non-hydrogen) atoms. The van der Waals surface area contributed by atoms with Gasteiger partial charge in [0.25, 0.3) is 0 Å². The molecule has 254 valence electrons. The molecule has 2 N–H and O–H groups in total. The number of phosphoric ester groups is 1. The van der Waals surface area contributed by atoms with Crippen LogP contribution in [0.15, 0.2) is 12.2 Å². The van der Waals surface area contributed by atoms with Gasteiger partial charge in [-0.15, -0.1) is 0 Å². The fourth-order valence-electron chi connectivity index (χ4n) is 4.88. The SMILES string of the molecule is CCCC/C=C\CCCCCCCC(=O)O[C@H](COC(=O)CCCCCCCCCCCCCCCC)COP(=O)(O)O. The van der Waals surface area contributed by atoms with Gasteiger partial charge in [0.15, 0.2) is 6.10 Å². The Morgan fingerprint density at radius 2 is 1.00 bits per heavy atom. The van der Waals surface area contributed by atoms with Crippen LogP contribution in [0.2, 0.25) is 0 Å². The van der Waals surface area contributed by atoms with Crippen LogP contribution in [-0.4, -0.2) is 41.0 Å². The van der Waals surface area contributed by atoms with Crippen LogP contribution in [0.5, 0.6) is 0 Å². The lowest BCUT2D eigenvalue weighted by Crippen LogP contribution is -2.29. The van der Waals surface area contributed by atoms with E-state index in [1.54, 1.807) is 0 Å². The quantitative estimate of drug-likeness (QED) is 0.0325. The number of ether oxygens (including phenoxy) is 2. The summed E-state index contributed by atoms with van der Waals surface area (Å²) >= 11 is 0. The first-order valence-electron chi connectivity index (χ1n) is 17.5. The molecular weight excluding hydrogens is 567 g/mol. The maximum Gasteiger partial charge on any atom is 0.469 e.